The van der Waals surface area contributed by atoms with E-state index in [1.807, 2.05) is 0 Å². The Bertz CT molecular complexity index is 259. The van der Waals surface area contributed by atoms with Gasteiger partial charge in [-0.25, -0.2) is 14.4 Å². The van der Waals surface area contributed by atoms with Gasteiger partial charge in [-0.1, -0.05) is 23.2 Å². The molecule has 0 aliphatic carbocycles. The zero-order valence-electron chi connectivity index (χ0n) is 5.68. The van der Waals surface area contributed by atoms with Crippen molar-refractivity contribution in [1.82, 2.24) is 9.97 Å². The summed E-state index contributed by atoms with van der Waals surface area (Å²) in [7, 11) is 0. The Balaban J connectivity index is 3.06. The van der Waals surface area contributed by atoms with Gasteiger partial charge < -0.3 is 0 Å². The first-order chi connectivity index (χ1) is 5.00. The summed E-state index contributed by atoms with van der Waals surface area (Å²) >= 11 is 10.8. The second-order valence-corrected chi connectivity index (χ2v) is 3.21. The monoisotopic (exact) mass is 194 g/mol. The van der Waals surface area contributed by atoms with Crippen LogP contribution >= 0.6 is 23.2 Å². The van der Waals surface area contributed by atoms with Crippen LogP contribution in [0.3, 0.4) is 0 Å². The van der Waals surface area contributed by atoms with E-state index < -0.39 is 5.13 Å². The van der Waals surface area contributed by atoms with Crippen LogP contribution in [0.5, 0.6) is 0 Å². The predicted molar refractivity (Wildman–Crippen MR) is 41.4 cm³/mol. The third-order valence-corrected chi connectivity index (χ3v) is 1.48. The van der Waals surface area contributed by atoms with E-state index in [0.29, 0.717) is 0 Å². The summed E-state index contributed by atoms with van der Waals surface area (Å²) in [5.41, 5.74) is 0.0687. The van der Waals surface area contributed by atoms with E-state index in [9.17, 15) is 4.39 Å². The number of aromatic nitrogens is 2. The van der Waals surface area contributed by atoms with E-state index in [1.165, 1.54) is 13.0 Å². The molecule has 0 saturated heterocycles. The molecule has 0 amide bonds. The molecule has 0 fully saturated rings. The number of nitrogens with zero attached hydrogens (tertiary/aromatic N) is 2. The Morgan fingerprint density at radius 2 is 2.18 bits per heavy atom. The maximum Gasteiger partial charge on any atom is 0.222 e. The molecule has 1 rings (SSSR count). The van der Waals surface area contributed by atoms with E-state index in [2.05, 4.69) is 9.97 Å². The molecule has 0 bridgehead atoms. The molecule has 2 nitrogen and oxygen atoms in total. The van der Waals surface area contributed by atoms with Gasteiger partial charge in [0, 0.05) is 6.07 Å². The molecule has 0 radical (unpaired) electrons. The summed E-state index contributed by atoms with van der Waals surface area (Å²) < 4.78 is 12.9. The number of alkyl halides is 2. The number of halogens is 3. The fraction of sp³-hybridized carbons (Fsp3) is 0.333. The lowest BCUT2D eigenvalue weighted by Gasteiger charge is -2.09. The highest BCUT2D eigenvalue weighted by Gasteiger charge is 2.23. The molecule has 1 aromatic rings. The molecule has 1 unspecified atom stereocenters. The van der Waals surface area contributed by atoms with Gasteiger partial charge in [-0.3, -0.25) is 0 Å². The van der Waals surface area contributed by atoms with Crippen molar-refractivity contribution in [2.45, 2.75) is 12.1 Å². The molecule has 0 aliphatic rings. The molecule has 0 N–H and O–H groups in total. The molecule has 5 heteroatoms. The van der Waals surface area contributed by atoms with Crippen molar-refractivity contribution in [3.05, 3.63) is 23.2 Å². The minimum atomic E-state index is -1.98. The van der Waals surface area contributed by atoms with Crippen molar-refractivity contribution >= 4 is 23.2 Å². The van der Waals surface area contributed by atoms with E-state index in [4.69, 9.17) is 23.2 Å². The predicted octanol–water partition coefficient (Wildman–Crippen LogP) is 2.51. The average Bonchev–Trinajstić information content (AvgIpc) is 1.86. The fourth-order valence-electron chi connectivity index (χ4n) is 0.574. The molecular formula is C6H5Cl2FN2. The summed E-state index contributed by atoms with van der Waals surface area (Å²) in [5.74, 6) is 0. The second-order valence-electron chi connectivity index (χ2n) is 2.11. The molecule has 0 saturated carbocycles. The maximum absolute atomic E-state index is 12.9. The first kappa shape index (κ1) is 8.68. The van der Waals surface area contributed by atoms with Gasteiger partial charge >= 0.3 is 0 Å². The molecule has 0 spiro atoms. The average molecular weight is 195 g/mol. The summed E-state index contributed by atoms with van der Waals surface area (Å²) in [6.45, 7) is 1.19. The van der Waals surface area contributed by atoms with Crippen LogP contribution in [-0.4, -0.2) is 9.97 Å². The molecule has 1 atom stereocenters. The van der Waals surface area contributed by atoms with E-state index >= 15 is 0 Å². The normalized spacial score (nSPS) is 16.0. The standard InChI is InChI=1S/C6H5Cl2FN2/c1-6(8,9)4-2-5(7)11-3-10-4/h2-3H,1H3. The lowest BCUT2D eigenvalue weighted by Crippen LogP contribution is -2.08. The van der Waals surface area contributed by atoms with Crippen LogP contribution in [0.1, 0.15) is 12.6 Å². The number of rotatable bonds is 1. The van der Waals surface area contributed by atoms with Gasteiger partial charge in [-0.2, -0.15) is 0 Å². The van der Waals surface area contributed by atoms with E-state index in [0.717, 1.165) is 6.33 Å². The van der Waals surface area contributed by atoms with Gasteiger partial charge in [0.15, 0.2) is 0 Å². The van der Waals surface area contributed by atoms with Crippen molar-refractivity contribution in [3.8, 4) is 0 Å². The molecule has 1 heterocycles. The summed E-state index contributed by atoms with van der Waals surface area (Å²) in [6, 6.07) is 1.29. The van der Waals surface area contributed by atoms with Gasteiger partial charge in [0.05, 0.1) is 5.69 Å². The highest BCUT2D eigenvalue weighted by Crippen LogP contribution is 2.28. The third-order valence-electron chi connectivity index (χ3n) is 1.08. The Morgan fingerprint density at radius 1 is 1.55 bits per heavy atom. The lowest BCUT2D eigenvalue weighted by atomic mass is 10.3. The van der Waals surface area contributed by atoms with Crippen LogP contribution in [-0.2, 0) is 5.13 Å². The summed E-state index contributed by atoms with van der Waals surface area (Å²) in [6.07, 6.45) is 1.16. The molecule has 1 aromatic heterocycles. The Hall–Kier alpha value is -0.410. The maximum atomic E-state index is 12.9. The molecule has 60 valence electrons. The van der Waals surface area contributed by atoms with Gasteiger partial charge in [0.1, 0.15) is 11.5 Å². The second kappa shape index (κ2) is 2.91. The largest absolute Gasteiger partial charge is 0.237 e. The lowest BCUT2D eigenvalue weighted by molar-refractivity contribution is 0.305. The van der Waals surface area contributed by atoms with Crippen molar-refractivity contribution in [3.63, 3.8) is 0 Å². The van der Waals surface area contributed by atoms with Crippen molar-refractivity contribution in [2.75, 3.05) is 0 Å². The first-order valence-corrected chi connectivity index (χ1v) is 3.61. The smallest absolute Gasteiger partial charge is 0.222 e. The molecule has 11 heavy (non-hydrogen) atoms. The van der Waals surface area contributed by atoms with Crippen LogP contribution in [0.2, 0.25) is 5.15 Å². The van der Waals surface area contributed by atoms with Crippen LogP contribution in [0.25, 0.3) is 0 Å². The fourth-order valence-corrected chi connectivity index (χ4v) is 0.824. The van der Waals surface area contributed by atoms with E-state index in [1.54, 1.807) is 0 Å². The first-order valence-electron chi connectivity index (χ1n) is 2.86. The Labute approximate surface area is 73.4 Å². The van der Waals surface area contributed by atoms with Crippen LogP contribution in [0.15, 0.2) is 12.4 Å². The molecular weight excluding hydrogens is 190 g/mol. The highest BCUT2D eigenvalue weighted by atomic mass is 35.5. The topological polar surface area (TPSA) is 25.8 Å². The van der Waals surface area contributed by atoms with Gasteiger partial charge in [-0.15, -0.1) is 0 Å². The SMILES string of the molecule is CC(F)(Cl)c1cc(Cl)ncn1. The zero-order valence-corrected chi connectivity index (χ0v) is 7.19. The van der Waals surface area contributed by atoms with Gasteiger partial charge in [-0.05, 0) is 6.92 Å². The molecule has 0 aliphatic heterocycles. The van der Waals surface area contributed by atoms with Crippen molar-refractivity contribution < 1.29 is 4.39 Å². The van der Waals surface area contributed by atoms with Crippen LogP contribution < -0.4 is 0 Å². The van der Waals surface area contributed by atoms with Gasteiger partial charge in [0.2, 0.25) is 5.13 Å². The Kier molecular flexibility index (Phi) is 2.30. The minimum Gasteiger partial charge on any atom is -0.237 e. The van der Waals surface area contributed by atoms with Crippen molar-refractivity contribution in [2.24, 2.45) is 0 Å². The Morgan fingerprint density at radius 3 is 2.55 bits per heavy atom. The quantitative estimate of drug-likeness (QED) is 0.508. The summed E-state index contributed by atoms with van der Waals surface area (Å²) in [5, 5.41) is -1.80. The zero-order chi connectivity index (χ0) is 8.48. The van der Waals surface area contributed by atoms with Crippen LogP contribution in [0, 0.1) is 0 Å². The highest BCUT2D eigenvalue weighted by molar-refractivity contribution is 6.29. The number of hydrogen-bond donors (Lipinski definition) is 0. The summed E-state index contributed by atoms with van der Waals surface area (Å²) in [4.78, 5) is 7.19. The van der Waals surface area contributed by atoms with E-state index in [-0.39, 0.29) is 10.8 Å². The van der Waals surface area contributed by atoms with Gasteiger partial charge in [0.25, 0.3) is 0 Å². The van der Waals surface area contributed by atoms with Crippen molar-refractivity contribution in [1.29, 1.82) is 0 Å². The van der Waals surface area contributed by atoms with Crippen LogP contribution in [0.4, 0.5) is 4.39 Å². The number of hydrogen-bond acceptors (Lipinski definition) is 2. The minimum absolute atomic E-state index is 0.0687. The molecule has 0 aromatic carbocycles. The third kappa shape index (κ3) is 2.27.